The zero-order chi connectivity index (χ0) is 7.98. The summed E-state index contributed by atoms with van der Waals surface area (Å²) in [5, 5.41) is 8.08. The summed E-state index contributed by atoms with van der Waals surface area (Å²) in [5.74, 6) is -0.961. The molecule has 0 heterocycles. The molecule has 10 heavy (non-hydrogen) atoms. The maximum atomic E-state index is 10.5. The van der Waals surface area contributed by atoms with Crippen LogP contribution >= 0.6 is 12.6 Å². The molecule has 0 aliphatic heterocycles. The van der Waals surface area contributed by atoms with E-state index >= 15 is 0 Å². The molecule has 0 radical (unpaired) electrons. The molecular weight excluding hydrogens is 152 g/mol. The minimum atomic E-state index is -1.04. The van der Waals surface area contributed by atoms with Crippen molar-refractivity contribution in [1.29, 1.82) is 0 Å². The van der Waals surface area contributed by atoms with Gasteiger partial charge < -0.3 is 5.11 Å². The SMILES string of the molecule is O=C(O)/C=C/CC(=O)CS. The molecule has 0 bridgehead atoms. The Morgan fingerprint density at radius 1 is 1.50 bits per heavy atom. The van der Waals surface area contributed by atoms with Crippen LogP contribution in [0.15, 0.2) is 12.2 Å². The molecule has 0 atom stereocenters. The van der Waals surface area contributed by atoms with Gasteiger partial charge in [0, 0.05) is 18.2 Å². The number of carboxylic acid groups (broad SMARTS) is 1. The highest BCUT2D eigenvalue weighted by atomic mass is 32.1. The molecule has 0 aliphatic carbocycles. The summed E-state index contributed by atoms with van der Waals surface area (Å²) in [6, 6.07) is 0. The predicted molar refractivity (Wildman–Crippen MR) is 40.3 cm³/mol. The van der Waals surface area contributed by atoms with Gasteiger partial charge in [-0.05, 0) is 0 Å². The summed E-state index contributed by atoms with van der Waals surface area (Å²) in [4.78, 5) is 20.3. The molecule has 0 aromatic rings. The highest BCUT2D eigenvalue weighted by Crippen LogP contribution is 1.87. The lowest BCUT2D eigenvalue weighted by Crippen LogP contribution is -1.96. The fourth-order valence-electron chi connectivity index (χ4n) is 0.356. The first kappa shape index (κ1) is 9.23. The van der Waals surface area contributed by atoms with Crippen molar-refractivity contribution in [1.82, 2.24) is 0 Å². The number of aliphatic carboxylic acids is 1. The number of rotatable bonds is 4. The van der Waals surface area contributed by atoms with Crippen LogP contribution in [-0.2, 0) is 9.59 Å². The Morgan fingerprint density at radius 3 is 2.50 bits per heavy atom. The van der Waals surface area contributed by atoms with Crippen molar-refractivity contribution in [2.75, 3.05) is 5.75 Å². The molecule has 0 aromatic carbocycles. The van der Waals surface area contributed by atoms with Crippen molar-refractivity contribution in [3.8, 4) is 0 Å². The average molecular weight is 160 g/mol. The highest BCUT2D eigenvalue weighted by Gasteiger charge is 1.93. The number of ketones is 1. The fourth-order valence-corrected chi connectivity index (χ4v) is 0.485. The van der Waals surface area contributed by atoms with E-state index in [0.717, 1.165) is 6.08 Å². The van der Waals surface area contributed by atoms with E-state index in [0.29, 0.717) is 0 Å². The van der Waals surface area contributed by atoms with Crippen LogP contribution in [0.25, 0.3) is 0 Å². The van der Waals surface area contributed by atoms with E-state index in [1.54, 1.807) is 0 Å². The molecule has 0 spiro atoms. The first-order valence-corrected chi connectivity index (χ1v) is 3.32. The molecule has 0 aliphatic rings. The number of hydrogen-bond donors (Lipinski definition) is 2. The minimum Gasteiger partial charge on any atom is -0.478 e. The fraction of sp³-hybridized carbons (Fsp3) is 0.333. The number of hydrogen-bond acceptors (Lipinski definition) is 3. The van der Waals surface area contributed by atoms with Crippen LogP contribution in [0.3, 0.4) is 0 Å². The summed E-state index contributed by atoms with van der Waals surface area (Å²) in [5.41, 5.74) is 0. The zero-order valence-corrected chi connectivity index (χ0v) is 6.17. The van der Waals surface area contributed by atoms with Crippen LogP contribution < -0.4 is 0 Å². The average Bonchev–Trinajstić information content (AvgIpc) is 1.87. The molecule has 0 saturated carbocycles. The Morgan fingerprint density at radius 2 is 2.10 bits per heavy atom. The smallest absolute Gasteiger partial charge is 0.327 e. The van der Waals surface area contributed by atoms with Crippen LogP contribution in [0, 0.1) is 0 Å². The van der Waals surface area contributed by atoms with E-state index in [1.165, 1.54) is 6.08 Å². The predicted octanol–water partition coefficient (Wildman–Crippen LogP) is 0.516. The van der Waals surface area contributed by atoms with E-state index < -0.39 is 5.97 Å². The van der Waals surface area contributed by atoms with Crippen molar-refractivity contribution in [2.24, 2.45) is 0 Å². The van der Waals surface area contributed by atoms with Crippen LogP contribution in [0.2, 0.25) is 0 Å². The Labute approximate surface area is 64.1 Å². The summed E-state index contributed by atoms with van der Waals surface area (Å²) >= 11 is 3.71. The molecule has 0 amide bonds. The standard InChI is InChI=1S/C6H8O3S/c7-5(4-10)2-1-3-6(8)9/h1,3,10H,2,4H2,(H,8,9)/b3-1+. The summed E-state index contributed by atoms with van der Waals surface area (Å²) < 4.78 is 0. The molecule has 0 fully saturated rings. The maximum absolute atomic E-state index is 10.5. The normalized spacial score (nSPS) is 10.1. The van der Waals surface area contributed by atoms with Crippen molar-refractivity contribution in [2.45, 2.75) is 6.42 Å². The van der Waals surface area contributed by atoms with Crippen LogP contribution in [0.1, 0.15) is 6.42 Å². The molecular formula is C6H8O3S. The number of Topliss-reactive ketones (excluding diaryl/α,β-unsaturated/α-hetero) is 1. The Balaban J connectivity index is 3.53. The Kier molecular flexibility index (Phi) is 4.66. The van der Waals surface area contributed by atoms with Gasteiger partial charge in [0.1, 0.15) is 5.78 Å². The number of carboxylic acids is 1. The molecule has 4 heteroatoms. The second kappa shape index (κ2) is 5.05. The van der Waals surface area contributed by atoms with Gasteiger partial charge in [0.05, 0.1) is 0 Å². The van der Waals surface area contributed by atoms with E-state index in [4.69, 9.17) is 5.11 Å². The number of thiol groups is 1. The number of allylic oxidation sites excluding steroid dienone is 1. The largest absolute Gasteiger partial charge is 0.478 e. The van der Waals surface area contributed by atoms with Crippen LogP contribution in [0.4, 0.5) is 0 Å². The Bertz CT molecular complexity index is 162. The van der Waals surface area contributed by atoms with Crippen LogP contribution in [-0.4, -0.2) is 22.6 Å². The van der Waals surface area contributed by atoms with Gasteiger partial charge in [-0.2, -0.15) is 12.6 Å². The maximum Gasteiger partial charge on any atom is 0.327 e. The van der Waals surface area contributed by atoms with Gasteiger partial charge in [0.2, 0.25) is 0 Å². The molecule has 3 nitrogen and oxygen atoms in total. The van der Waals surface area contributed by atoms with Gasteiger partial charge in [0.25, 0.3) is 0 Å². The Hall–Kier alpha value is -0.770. The van der Waals surface area contributed by atoms with Gasteiger partial charge >= 0.3 is 5.97 Å². The zero-order valence-electron chi connectivity index (χ0n) is 5.28. The topological polar surface area (TPSA) is 54.4 Å². The van der Waals surface area contributed by atoms with Gasteiger partial charge in [-0.1, -0.05) is 6.08 Å². The van der Waals surface area contributed by atoms with Gasteiger partial charge in [-0.3, -0.25) is 4.79 Å². The molecule has 0 saturated heterocycles. The molecule has 0 rings (SSSR count). The van der Waals surface area contributed by atoms with Crippen molar-refractivity contribution < 1.29 is 14.7 Å². The van der Waals surface area contributed by atoms with E-state index in [-0.39, 0.29) is 18.0 Å². The lowest BCUT2D eigenvalue weighted by Gasteiger charge is -1.85. The molecule has 0 unspecified atom stereocenters. The highest BCUT2D eigenvalue weighted by molar-refractivity contribution is 7.81. The van der Waals surface area contributed by atoms with E-state index in [9.17, 15) is 9.59 Å². The summed E-state index contributed by atoms with van der Waals surface area (Å²) in [6.07, 6.45) is 2.40. The van der Waals surface area contributed by atoms with Gasteiger partial charge in [0.15, 0.2) is 0 Å². The third-order valence-corrected chi connectivity index (χ3v) is 1.14. The van der Waals surface area contributed by atoms with Gasteiger partial charge in [-0.25, -0.2) is 4.79 Å². The lowest BCUT2D eigenvalue weighted by atomic mass is 10.3. The number of carbonyl (C=O) groups is 2. The van der Waals surface area contributed by atoms with E-state index in [1.807, 2.05) is 0 Å². The van der Waals surface area contributed by atoms with Crippen molar-refractivity contribution in [3.63, 3.8) is 0 Å². The second-order valence-electron chi connectivity index (χ2n) is 1.64. The molecule has 56 valence electrons. The lowest BCUT2D eigenvalue weighted by molar-refractivity contribution is -0.131. The van der Waals surface area contributed by atoms with Crippen LogP contribution in [0.5, 0.6) is 0 Å². The molecule has 1 N–H and O–H groups in total. The monoisotopic (exact) mass is 160 g/mol. The van der Waals surface area contributed by atoms with Gasteiger partial charge in [-0.15, -0.1) is 0 Å². The first-order valence-electron chi connectivity index (χ1n) is 2.69. The minimum absolute atomic E-state index is 0.0826. The first-order chi connectivity index (χ1) is 4.66. The van der Waals surface area contributed by atoms with Crippen molar-refractivity contribution >= 4 is 24.4 Å². The third-order valence-electron chi connectivity index (χ3n) is 0.782. The second-order valence-corrected chi connectivity index (χ2v) is 1.96. The molecule has 0 aromatic heterocycles. The van der Waals surface area contributed by atoms with Crippen molar-refractivity contribution in [3.05, 3.63) is 12.2 Å². The summed E-state index contributed by atoms with van der Waals surface area (Å²) in [6.45, 7) is 0. The van der Waals surface area contributed by atoms with E-state index in [2.05, 4.69) is 12.6 Å². The number of carbonyl (C=O) groups excluding carboxylic acids is 1. The summed E-state index contributed by atoms with van der Waals surface area (Å²) in [7, 11) is 0. The third kappa shape index (κ3) is 5.37. The quantitative estimate of drug-likeness (QED) is 0.465.